The van der Waals surface area contributed by atoms with Crippen molar-refractivity contribution < 1.29 is 18.1 Å². The topological polar surface area (TPSA) is 58.4 Å². The number of halogens is 3. The molecule has 2 rings (SSSR count). The van der Waals surface area contributed by atoms with Crippen LogP contribution in [0.5, 0.6) is 0 Å². The fourth-order valence-electron chi connectivity index (χ4n) is 2.80. The Kier molecular flexibility index (Phi) is 5.46. The predicted molar refractivity (Wildman–Crippen MR) is 81.5 cm³/mol. The normalized spacial score (nSPS) is 17.2. The van der Waals surface area contributed by atoms with Gasteiger partial charge < -0.3 is 5.32 Å². The van der Waals surface area contributed by atoms with Crippen LogP contribution in [0.3, 0.4) is 0 Å². The Balaban J connectivity index is 1.85. The summed E-state index contributed by atoms with van der Waals surface area (Å²) in [7, 11) is 0. The Bertz CT molecular complexity index is 555. The van der Waals surface area contributed by atoms with Crippen molar-refractivity contribution >= 4 is 11.4 Å². The number of benzene rings is 1. The van der Waals surface area contributed by atoms with Gasteiger partial charge in [-0.3, -0.25) is 15.0 Å². The molecule has 1 heterocycles. The number of nitrogens with one attached hydrogen (secondary N) is 1. The van der Waals surface area contributed by atoms with E-state index in [1.54, 1.807) is 19.1 Å². The van der Waals surface area contributed by atoms with Crippen molar-refractivity contribution in [3.05, 3.63) is 33.9 Å². The minimum atomic E-state index is -4.16. The van der Waals surface area contributed by atoms with E-state index in [9.17, 15) is 23.3 Å². The number of aryl methyl sites for hydroxylation is 1. The van der Waals surface area contributed by atoms with Gasteiger partial charge in [0.05, 0.1) is 11.5 Å². The molecule has 0 bridgehead atoms. The number of hydrogen-bond donors (Lipinski definition) is 1. The first-order valence-electron chi connectivity index (χ1n) is 7.52. The third-order valence-corrected chi connectivity index (χ3v) is 4.04. The fraction of sp³-hybridized carbons (Fsp3) is 0.600. The van der Waals surface area contributed by atoms with Crippen molar-refractivity contribution in [2.45, 2.75) is 25.9 Å². The molecule has 1 N–H and O–H groups in total. The van der Waals surface area contributed by atoms with Crippen molar-refractivity contribution in [3.63, 3.8) is 0 Å². The predicted octanol–water partition coefficient (Wildman–Crippen LogP) is 3.59. The van der Waals surface area contributed by atoms with E-state index in [1.807, 2.05) is 0 Å². The lowest BCUT2D eigenvalue weighted by atomic mass is 9.96. The van der Waals surface area contributed by atoms with Crippen LogP contribution in [0.25, 0.3) is 0 Å². The van der Waals surface area contributed by atoms with E-state index >= 15 is 0 Å². The molecule has 1 aliphatic heterocycles. The molecule has 1 aromatic rings. The molecule has 0 unspecified atom stereocenters. The number of piperidine rings is 1. The molecule has 0 saturated carbocycles. The molecule has 0 atom stereocenters. The molecule has 0 radical (unpaired) electrons. The van der Waals surface area contributed by atoms with Gasteiger partial charge in [-0.15, -0.1) is 0 Å². The highest BCUT2D eigenvalue weighted by molar-refractivity contribution is 5.62. The van der Waals surface area contributed by atoms with Crippen LogP contribution in [0.2, 0.25) is 0 Å². The van der Waals surface area contributed by atoms with Gasteiger partial charge in [-0.2, -0.15) is 13.2 Å². The van der Waals surface area contributed by atoms with Gasteiger partial charge in [-0.25, -0.2) is 0 Å². The standard InChI is InChI=1S/C15H20F3N3O2/c1-11-2-3-13(14(8-11)21(22)23)19-9-12-4-6-20(7-5-12)10-15(16,17)18/h2-3,8,12,19H,4-7,9-10H2,1H3. The minimum Gasteiger partial charge on any atom is -0.379 e. The van der Waals surface area contributed by atoms with Crippen LogP contribution in [-0.2, 0) is 0 Å². The van der Waals surface area contributed by atoms with E-state index in [0.29, 0.717) is 38.2 Å². The van der Waals surface area contributed by atoms with Gasteiger partial charge in [0, 0.05) is 12.6 Å². The van der Waals surface area contributed by atoms with Crippen molar-refractivity contribution in [2.75, 3.05) is 31.5 Å². The third kappa shape index (κ3) is 5.38. The molecule has 1 aliphatic rings. The maximum Gasteiger partial charge on any atom is 0.401 e. The third-order valence-electron chi connectivity index (χ3n) is 4.04. The lowest BCUT2D eigenvalue weighted by molar-refractivity contribution is -0.384. The van der Waals surface area contributed by atoms with E-state index in [1.165, 1.54) is 11.0 Å². The molecule has 0 spiro atoms. The summed E-state index contributed by atoms with van der Waals surface area (Å²) in [4.78, 5) is 12.0. The minimum absolute atomic E-state index is 0.0273. The summed E-state index contributed by atoms with van der Waals surface area (Å²) < 4.78 is 37.0. The first-order chi connectivity index (χ1) is 10.7. The van der Waals surface area contributed by atoms with Gasteiger partial charge in [0.1, 0.15) is 5.69 Å². The maximum absolute atomic E-state index is 12.3. The van der Waals surface area contributed by atoms with E-state index in [0.717, 1.165) is 5.56 Å². The Morgan fingerprint density at radius 1 is 1.35 bits per heavy atom. The van der Waals surface area contributed by atoms with Gasteiger partial charge in [0.15, 0.2) is 0 Å². The summed E-state index contributed by atoms with van der Waals surface area (Å²) in [5, 5.41) is 14.1. The van der Waals surface area contributed by atoms with Crippen LogP contribution in [0.15, 0.2) is 18.2 Å². The van der Waals surface area contributed by atoms with E-state index < -0.39 is 17.6 Å². The lowest BCUT2D eigenvalue weighted by Crippen LogP contribution is -2.41. The summed E-state index contributed by atoms with van der Waals surface area (Å²) in [6.45, 7) is 2.26. The van der Waals surface area contributed by atoms with Crippen LogP contribution in [0, 0.1) is 23.0 Å². The van der Waals surface area contributed by atoms with Gasteiger partial charge in [-0.1, -0.05) is 6.07 Å². The highest BCUT2D eigenvalue weighted by atomic mass is 19.4. The zero-order valence-corrected chi connectivity index (χ0v) is 12.9. The summed E-state index contributed by atoms with van der Waals surface area (Å²) in [6, 6.07) is 4.97. The quantitative estimate of drug-likeness (QED) is 0.662. The molecule has 128 valence electrons. The van der Waals surface area contributed by atoms with Crippen molar-refractivity contribution in [1.29, 1.82) is 0 Å². The number of likely N-dealkylation sites (tertiary alicyclic amines) is 1. The van der Waals surface area contributed by atoms with Crippen LogP contribution in [-0.4, -0.2) is 42.2 Å². The summed E-state index contributed by atoms with van der Waals surface area (Å²) in [5.74, 6) is 0.223. The van der Waals surface area contributed by atoms with E-state index in [4.69, 9.17) is 0 Å². The molecule has 23 heavy (non-hydrogen) atoms. The molecule has 5 nitrogen and oxygen atoms in total. The maximum atomic E-state index is 12.3. The number of alkyl halides is 3. The Morgan fingerprint density at radius 2 is 2.00 bits per heavy atom. The highest BCUT2D eigenvalue weighted by Crippen LogP contribution is 2.27. The molecule has 8 heteroatoms. The number of nitrogens with zero attached hydrogens (tertiary/aromatic N) is 2. The second-order valence-corrected chi connectivity index (χ2v) is 5.99. The van der Waals surface area contributed by atoms with Gasteiger partial charge >= 0.3 is 6.18 Å². The Hall–Kier alpha value is -1.83. The molecule has 0 aliphatic carbocycles. The smallest absolute Gasteiger partial charge is 0.379 e. The largest absolute Gasteiger partial charge is 0.401 e. The van der Waals surface area contributed by atoms with Gasteiger partial charge in [-0.05, 0) is 50.4 Å². The number of rotatable bonds is 5. The van der Waals surface area contributed by atoms with Crippen LogP contribution < -0.4 is 5.32 Å². The van der Waals surface area contributed by atoms with Gasteiger partial charge in [0.2, 0.25) is 0 Å². The molecule has 0 amide bonds. The monoisotopic (exact) mass is 331 g/mol. The van der Waals surface area contributed by atoms with Crippen molar-refractivity contribution in [3.8, 4) is 0 Å². The van der Waals surface area contributed by atoms with Crippen LogP contribution in [0.4, 0.5) is 24.5 Å². The molecular weight excluding hydrogens is 311 g/mol. The van der Waals surface area contributed by atoms with Crippen LogP contribution >= 0.6 is 0 Å². The fourth-order valence-corrected chi connectivity index (χ4v) is 2.80. The zero-order valence-electron chi connectivity index (χ0n) is 12.9. The number of nitro benzene ring substituents is 1. The second-order valence-electron chi connectivity index (χ2n) is 5.99. The zero-order chi connectivity index (χ0) is 17.0. The lowest BCUT2D eigenvalue weighted by Gasteiger charge is -2.32. The molecular formula is C15H20F3N3O2. The summed E-state index contributed by atoms with van der Waals surface area (Å²) in [6.07, 6.45) is -2.85. The van der Waals surface area contributed by atoms with E-state index in [2.05, 4.69) is 5.32 Å². The molecule has 0 aromatic heterocycles. The van der Waals surface area contributed by atoms with Crippen molar-refractivity contribution in [2.24, 2.45) is 5.92 Å². The van der Waals surface area contributed by atoms with E-state index in [-0.39, 0.29) is 11.6 Å². The SMILES string of the molecule is Cc1ccc(NCC2CCN(CC(F)(F)F)CC2)c([N+](=O)[O-])c1. The number of nitro groups is 1. The van der Waals surface area contributed by atoms with Gasteiger partial charge in [0.25, 0.3) is 5.69 Å². The first kappa shape index (κ1) is 17.5. The molecule has 1 aromatic carbocycles. The first-order valence-corrected chi connectivity index (χ1v) is 7.52. The Morgan fingerprint density at radius 3 is 2.57 bits per heavy atom. The number of anilines is 1. The average Bonchev–Trinajstić information content (AvgIpc) is 2.45. The average molecular weight is 331 g/mol. The Labute approximate surface area is 132 Å². The highest BCUT2D eigenvalue weighted by Gasteiger charge is 2.32. The van der Waals surface area contributed by atoms with Crippen LogP contribution in [0.1, 0.15) is 18.4 Å². The molecule has 1 saturated heterocycles. The van der Waals surface area contributed by atoms with Crippen molar-refractivity contribution in [1.82, 2.24) is 4.90 Å². The summed E-state index contributed by atoms with van der Waals surface area (Å²) in [5.41, 5.74) is 1.29. The number of hydrogen-bond acceptors (Lipinski definition) is 4. The second kappa shape index (κ2) is 7.16. The summed E-state index contributed by atoms with van der Waals surface area (Å²) >= 11 is 0. The molecule has 1 fully saturated rings.